The Bertz CT molecular complexity index is 1550. The number of cyclic esters (lactones) is 1. The van der Waals surface area contributed by atoms with Gasteiger partial charge in [-0.1, -0.05) is 72.8 Å². The quantitative estimate of drug-likeness (QED) is 0.0278. The van der Waals surface area contributed by atoms with Crippen LogP contribution in [0.3, 0.4) is 0 Å². The smallest absolute Gasteiger partial charge is 0.407 e. The number of esters is 1. The van der Waals surface area contributed by atoms with Crippen LogP contribution in [0.25, 0.3) is 0 Å². The van der Waals surface area contributed by atoms with Crippen LogP contribution in [0.5, 0.6) is 0 Å². The number of hydrogen-bond acceptors (Lipinski definition) is 14. The summed E-state index contributed by atoms with van der Waals surface area (Å²) in [7, 11) is -0.461. The fourth-order valence-corrected chi connectivity index (χ4v) is 12.3. The van der Waals surface area contributed by atoms with Gasteiger partial charge in [-0.2, -0.15) is 0 Å². The number of methoxy groups -OCH3 is 1. The van der Waals surface area contributed by atoms with Gasteiger partial charge < -0.3 is 53.3 Å². The zero-order valence-corrected chi connectivity index (χ0v) is 42.9. The first-order chi connectivity index (χ1) is 31.6. The molecule has 4 aliphatic heterocycles. The summed E-state index contributed by atoms with van der Waals surface area (Å²) in [6.07, 6.45) is 6.59. The van der Waals surface area contributed by atoms with Crippen LogP contribution in [0.15, 0.2) is 36.0 Å². The van der Waals surface area contributed by atoms with Gasteiger partial charge in [-0.15, -0.1) is 0 Å². The van der Waals surface area contributed by atoms with E-state index in [4.69, 9.17) is 37.6 Å². The lowest BCUT2D eigenvalue weighted by atomic mass is 9.88. The van der Waals surface area contributed by atoms with E-state index < -0.39 is 50.5 Å². The molecule has 66 heavy (non-hydrogen) atoms. The molecule has 0 bridgehead atoms. The van der Waals surface area contributed by atoms with E-state index in [0.717, 1.165) is 56.3 Å². The lowest BCUT2D eigenvalue weighted by Crippen LogP contribution is -2.46. The Hall–Kier alpha value is -2.87. The minimum atomic E-state index is -2.17. The van der Waals surface area contributed by atoms with E-state index in [1.54, 1.807) is 20.1 Å². The van der Waals surface area contributed by atoms with Gasteiger partial charge in [0.15, 0.2) is 14.4 Å². The van der Waals surface area contributed by atoms with Gasteiger partial charge >= 0.3 is 18.2 Å². The molecule has 16 nitrogen and oxygen atoms in total. The summed E-state index contributed by atoms with van der Waals surface area (Å²) < 4.78 is 48.2. The zero-order valence-electron chi connectivity index (χ0n) is 41.9. The largest absolute Gasteiger partial charge is 0.457 e. The maximum Gasteiger partial charge on any atom is 0.407 e. The number of aliphatic hydroxyl groups is 1. The van der Waals surface area contributed by atoms with Gasteiger partial charge in [0.2, 0.25) is 0 Å². The van der Waals surface area contributed by atoms with Gasteiger partial charge in [-0.3, -0.25) is 14.6 Å². The Morgan fingerprint density at radius 3 is 2.09 bits per heavy atom. The van der Waals surface area contributed by atoms with E-state index in [2.05, 4.69) is 55.1 Å². The third-order valence-corrected chi connectivity index (χ3v) is 18.9. The number of hydrogen-bond donors (Lipinski definition) is 3. The van der Waals surface area contributed by atoms with Gasteiger partial charge in [-0.05, 0) is 62.9 Å². The van der Waals surface area contributed by atoms with Crippen molar-refractivity contribution in [2.24, 2.45) is 17.8 Å². The minimum absolute atomic E-state index is 0.0104. The topological polar surface area (TPSA) is 179 Å². The molecule has 0 aromatic rings. The second-order valence-electron chi connectivity index (χ2n) is 19.0. The molecule has 0 aliphatic carbocycles. The number of allylic oxidation sites excluding steroid dienone is 2. The Kier molecular flexibility index (Phi) is 23.6. The maximum atomic E-state index is 13.9. The van der Waals surface area contributed by atoms with E-state index in [9.17, 15) is 19.5 Å². The molecule has 0 saturated carbocycles. The number of rotatable bonds is 22. The molecule has 0 aromatic carbocycles. The number of carbonyl (C=O) groups is 3. The van der Waals surface area contributed by atoms with Crippen molar-refractivity contribution < 1.29 is 57.1 Å². The highest BCUT2D eigenvalue weighted by atomic mass is 28.4. The highest BCUT2D eigenvalue weighted by Crippen LogP contribution is 2.39. The molecule has 3 fully saturated rings. The monoisotopic (exact) mass is 951 g/mol. The van der Waals surface area contributed by atoms with Crippen molar-refractivity contribution in [1.82, 2.24) is 20.4 Å². The normalized spacial score (nSPS) is 29.9. The van der Waals surface area contributed by atoms with E-state index in [1.807, 2.05) is 45.1 Å². The molecular weight excluding hydrogens is 865 g/mol. The van der Waals surface area contributed by atoms with Crippen molar-refractivity contribution in [1.29, 1.82) is 0 Å². The Morgan fingerprint density at radius 2 is 1.53 bits per heavy atom. The molecule has 0 radical (unpaired) electrons. The molecular formula is C49H86N4O12Si. The standard InChI is InChI=1S/C49H86N4O12Si/c1-11-40(58-10)38(8)45-46(63-45)44(64-48(56)51-23-25-53-28-32-60-33-29-53)36(6)17-15-16-35(5)43-37(7)18-19-41(61-47(55)50-22-24-52-26-30-59-31-27-52)49(9,57)21-20-39(34-42(54)62-43)65-66(12-2,13-3)14-4/h15-19,36-41,43-46,57H,11-14,20-34H2,1-10H3,(H,50,55)(H,51,56)/b17-15+,19-18+,35-16+. The predicted octanol–water partition coefficient (Wildman–Crippen LogP) is 6.24. The highest BCUT2D eigenvalue weighted by Gasteiger charge is 2.52. The summed E-state index contributed by atoms with van der Waals surface area (Å²) in [6, 6.07) is 2.70. The third-order valence-electron chi connectivity index (χ3n) is 14.2. The van der Waals surface area contributed by atoms with E-state index in [-0.39, 0.29) is 54.9 Å². The summed E-state index contributed by atoms with van der Waals surface area (Å²) in [6.45, 7) is 26.3. The number of amides is 2. The van der Waals surface area contributed by atoms with Crippen molar-refractivity contribution in [2.75, 3.05) is 85.9 Å². The summed E-state index contributed by atoms with van der Waals surface area (Å²) in [5.74, 6) is -0.890. The second kappa shape index (κ2) is 28.0. The van der Waals surface area contributed by atoms with E-state index >= 15 is 0 Å². The first-order valence-electron chi connectivity index (χ1n) is 24.9. The average molecular weight is 951 g/mol. The van der Waals surface area contributed by atoms with Crippen LogP contribution in [-0.4, -0.2) is 176 Å². The van der Waals surface area contributed by atoms with Crippen molar-refractivity contribution in [3.63, 3.8) is 0 Å². The number of carbonyl (C=O) groups excluding carboxylic acids is 3. The van der Waals surface area contributed by atoms with Crippen LogP contribution in [0.1, 0.15) is 88.0 Å². The molecule has 3 saturated heterocycles. The molecule has 11 atom stereocenters. The molecule has 4 rings (SSSR count). The molecule has 3 N–H and O–H groups in total. The first kappa shape index (κ1) is 55.7. The summed E-state index contributed by atoms with van der Waals surface area (Å²) in [5.41, 5.74) is -0.681. The maximum absolute atomic E-state index is 13.9. The number of morpholine rings is 2. The van der Waals surface area contributed by atoms with Crippen LogP contribution in [0.2, 0.25) is 18.1 Å². The van der Waals surface area contributed by atoms with Gasteiger partial charge in [-0.25, -0.2) is 9.59 Å². The molecule has 4 aliphatic rings. The van der Waals surface area contributed by atoms with E-state index in [0.29, 0.717) is 59.0 Å². The number of ether oxygens (including phenoxy) is 7. The van der Waals surface area contributed by atoms with Crippen LogP contribution >= 0.6 is 0 Å². The van der Waals surface area contributed by atoms with Crippen LogP contribution in [-0.2, 0) is 42.4 Å². The molecule has 11 unspecified atom stereocenters. The van der Waals surface area contributed by atoms with Crippen LogP contribution in [0.4, 0.5) is 9.59 Å². The SMILES string of the molecule is CCC(OC)C(C)C1OC1C(OC(=O)NCCN1CCOCC1)C(C)/C=C/C=C(\C)C1OC(=O)CC(O[Si](CC)(CC)CC)CCC(C)(O)C(OC(=O)NCCN2CCOCC2)/C=C/C1C. The van der Waals surface area contributed by atoms with Crippen molar-refractivity contribution >= 4 is 26.5 Å². The lowest BCUT2D eigenvalue weighted by Gasteiger charge is -2.36. The van der Waals surface area contributed by atoms with Crippen LogP contribution < -0.4 is 10.6 Å². The zero-order chi connectivity index (χ0) is 48.3. The Morgan fingerprint density at radius 1 is 0.939 bits per heavy atom. The van der Waals surface area contributed by atoms with Crippen molar-refractivity contribution in [3.8, 4) is 0 Å². The second-order valence-corrected chi connectivity index (χ2v) is 23.7. The molecule has 17 heteroatoms. The highest BCUT2D eigenvalue weighted by molar-refractivity contribution is 6.73. The average Bonchev–Trinajstić information content (AvgIpc) is 4.11. The van der Waals surface area contributed by atoms with Crippen molar-refractivity contribution in [2.45, 2.75) is 154 Å². The van der Waals surface area contributed by atoms with Gasteiger partial charge in [0, 0.05) is 77.2 Å². The fraction of sp³-hybridized carbons (Fsp3) is 0.816. The summed E-state index contributed by atoms with van der Waals surface area (Å²) in [5, 5.41) is 17.8. The summed E-state index contributed by atoms with van der Waals surface area (Å²) >= 11 is 0. The fourth-order valence-electron chi connectivity index (χ4n) is 9.35. The first-order valence-corrected chi connectivity index (χ1v) is 27.4. The number of nitrogens with zero attached hydrogens (tertiary/aromatic N) is 2. The van der Waals surface area contributed by atoms with Crippen molar-refractivity contribution in [3.05, 3.63) is 36.0 Å². The molecule has 0 aromatic heterocycles. The summed E-state index contributed by atoms with van der Waals surface area (Å²) in [4.78, 5) is 44.9. The number of alkyl carbamates (subject to hydrolysis) is 2. The predicted molar refractivity (Wildman–Crippen MR) is 257 cm³/mol. The Balaban J connectivity index is 1.55. The number of epoxide rings is 1. The molecule has 378 valence electrons. The van der Waals surface area contributed by atoms with Gasteiger partial charge in [0.05, 0.1) is 51.2 Å². The molecule has 0 spiro atoms. The third kappa shape index (κ3) is 17.6. The molecule has 2 amide bonds. The van der Waals surface area contributed by atoms with E-state index in [1.165, 1.54) is 0 Å². The molecule has 4 heterocycles. The van der Waals surface area contributed by atoms with Gasteiger partial charge in [0.1, 0.15) is 23.9 Å². The Labute approximate surface area is 396 Å². The van der Waals surface area contributed by atoms with Gasteiger partial charge in [0.25, 0.3) is 0 Å². The van der Waals surface area contributed by atoms with Crippen LogP contribution in [0, 0.1) is 17.8 Å². The lowest BCUT2D eigenvalue weighted by molar-refractivity contribution is -0.151. The minimum Gasteiger partial charge on any atom is -0.457 e. The number of nitrogens with one attached hydrogen (secondary N) is 2.